The Labute approximate surface area is 226 Å². The first-order valence-corrected chi connectivity index (χ1v) is 16.3. The highest BCUT2D eigenvalue weighted by atomic mass is 16.5. The highest BCUT2D eigenvalue weighted by Crippen LogP contribution is 2.15. The summed E-state index contributed by atoms with van der Waals surface area (Å²) in [6.07, 6.45) is 32.2. The van der Waals surface area contributed by atoms with Crippen molar-refractivity contribution in [2.75, 3.05) is 0 Å². The molecule has 0 amide bonds. The molecule has 3 heteroatoms. The average Bonchev–Trinajstić information content (AvgIpc) is 2.86. The lowest BCUT2D eigenvalue weighted by Crippen LogP contribution is -2.14. The molecule has 1 atom stereocenters. The summed E-state index contributed by atoms with van der Waals surface area (Å²) in [5.41, 5.74) is 0. The summed E-state index contributed by atoms with van der Waals surface area (Å²) in [5, 5.41) is 0. The van der Waals surface area contributed by atoms with Crippen molar-refractivity contribution in [1.82, 2.24) is 0 Å². The molecule has 0 aromatic heterocycles. The van der Waals surface area contributed by atoms with E-state index in [1.807, 2.05) is 6.92 Å². The Kier molecular flexibility index (Phi) is 28.0. The molecule has 0 aromatic rings. The number of Topliss-reactive ketones (excluding diaryl/α,β-unsaturated/α-hetero) is 1. The fourth-order valence-electron chi connectivity index (χ4n) is 4.96. The minimum absolute atomic E-state index is 0.0255. The van der Waals surface area contributed by atoms with Gasteiger partial charge in [0.1, 0.15) is 5.78 Å². The molecule has 0 bridgehead atoms. The first-order valence-electron chi connectivity index (χ1n) is 16.3. The van der Waals surface area contributed by atoms with Crippen LogP contribution in [-0.4, -0.2) is 17.9 Å². The van der Waals surface area contributed by atoms with Gasteiger partial charge in [-0.05, 0) is 39.0 Å². The minimum Gasteiger partial charge on any atom is -0.463 e. The van der Waals surface area contributed by atoms with E-state index in [4.69, 9.17) is 4.74 Å². The van der Waals surface area contributed by atoms with Gasteiger partial charge in [0, 0.05) is 19.3 Å². The maximum Gasteiger partial charge on any atom is 0.306 e. The van der Waals surface area contributed by atoms with Gasteiger partial charge in [0.15, 0.2) is 0 Å². The summed E-state index contributed by atoms with van der Waals surface area (Å²) in [4.78, 5) is 24.1. The molecule has 0 N–H and O–H groups in total. The number of unbranched alkanes of at least 4 members (excludes halogenated alkanes) is 20. The number of carbonyl (C=O) groups is 2. The SMILES string of the molecule is CCCCCCCCCCCCCCCCCC(=O)OC(C)CCCCC(=O)CCCCCCCC. The topological polar surface area (TPSA) is 43.4 Å². The second-order valence-electron chi connectivity index (χ2n) is 11.3. The van der Waals surface area contributed by atoms with E-state index in [0.717, 1.165) is 44.9 Å². The van der Waals surface area contributed by atoms with Gasteiger partial charge >= 0.3 is 5.97 Å². The molecule has 214 valence electrons. The quantitative estimate of drug-likeness (QED) is 0.0745. The van der Waals surface area contributed by atoms with Crippen LogP contribution in [-0.2, 0) is 14.3 Å². The molecule has 0 aliphatic rings. The molecule has 0 fully saturated rings. The molecule has 0 radical (unpaired) electrons. The third kappa shape index (κ3) is 27.7. The van der Waals surface area contributed by atoms with E-state index in [9.17, 15) is 9.59 Å². The lowest BCUT2D eigenvalue weighted by Gasteiger charge is -2.13. The number of esters is 1. The van der Waals surface area contributed by atoms with E-state index in [1.165, 1.54) is 116 Å². The molecule has 0 rings (SSSR count). The van der Waals surface area contributed by atoms with Gasteiger partial charge in [-0.1, -0.05) is 136 Å². The van der Waals surface area contributed by atoms with Crippen molar-refractivity contribution in [3.63, 3.8) is 0 Å². The van der Waals surface area contributed by atoms with E-state index in [-0.39, 0.29) is 12.1 Å². The fraction of sp³-hybridized carbons (Fsp3) is 0.939. The maximum atomic E-state index is 12.1. The van der Waals surface area contributed by atoms with E-state index in [2.05, 4.69) is 13.8 Å². The van der Waals surface area contributed by atoms with Gasteiger partial charge in [-0.2, -0.15) is 0 Å². The van der Waals surface area contributed by atoms with Crippen molar-refractivity contribution < 1.29 is 14.3 Å². The predicted octanol–water partition coefficient (Wildman–Crippen LogP) is 11.1. The molecule has 0 aliphatic heterocycles. The van der Waals surface area contributed by atoms with Crippen molar-refractivity contribution in [3.05, 3.63) is 0 Å². The monoisotopic (exact) mass is 508 g/mol. The van der Waals surface area contributed by atoms with Crippen LogP contribution in [0.5, 0.6) is 0 Å². The third-order valence-corrected chi connectivity index (χ3v) is 7.44. The molecule has 3 nitrogen and oxygen atoms in total. The van der Waals surface area contributed by atoms with E-state index < -0.39 is 0 Å². The molecule has 36 heavy (non-hydrogen) atoms. The number of rotatable bonds is 29. The van der Waals surface area contributed by atoms with Crippen LogP contribution >= 0.6 is 0 Å². The number of hydrogen-bond acceptors (Lipinski definition) is 3. The van der Waals surface area contributed by atoms with Crippen molar-refractivity contribution in [1.29, 1.82) is 0 Å². The van der Waals surface area contributed by atoms with Crippen LogP contribution in [0, 0.1) is 0 Å². The molecule has 0 saturated carbocycles. The molecule has 0 saturated heterocycles. The summed E-state index contributed by atoms with van der Waals surface area (Å²) in [6, 6.07) is 0. The molecule has 0 spiro atoms. The zero-order chi connectivity index (χ0) is 26.5. The van der Waals surface area contributed by atoms with Crippen molar-refractivity contribution in [2.45, 2.75) is 200 Å². The highest BCUT2D eigenvalue weighted by molar-refractivity contribution is 5.78. The first-order chi connectivity index (χ1) is 17.6. The maximum absolute atomic E-state index is 12.1. The largest absolute Gasteiger partial charge is 0.463 e. The Morgan fingerprint density at radius 2 is 0.806 bits per heavy atom. The van der Waals surface area contributed by atoms with Crippen LogP contribution in [0.15, 0.2) is 0 Å². The second kappa shape index (κ2) is 28.7. The smallest absolute Gasteiger partial charge is 0.306 e. The van der Waals surface area contributed by atoms with Crippen molar-refractivity contribution in [3.8, 4) is 0 Å². The summed E-state index contributed by atoms with van der Waals surface area (Å²) >= 11 is 0. The van der Waals surface area contributed by atoms with E-state index in [1.54, 1.807) is 0 Å². The van der Waals surface area contributed by atoms with Gasteiger partial charge in [-0.3, -0.25) is 9.59 Å². The van der Waals surface area contributed by atoms with Crippen molar-refractivity contribution in [2.24, 2.45) is 0 Å². The fourth-order valence-corrected chi connectivity index (χ4v) is 4.96. The van der Waals surface area contributed by atoms with E-state index >= 15 is 0 Å². The van der Waals surface area contributed by atoms with Gasteiger partial charge < -0.3 is 4.74 Å². The normalized spacial score (nSPS) is 12.1. The number of carbonyl (C=O) groups excluding carboxylic acids is 2. The summed E-state index contributed by atoms with van der Waals surface area (Å²) in [6.45, 7) is 6.50. The van der Waals surface area contributed by atoms with Gasteiger partial charge in [0.25, 0.3) is 0 Å². The highest BCUT2D eigenvalue weighted by Gasteiger charge is 2.10. The summed E-state index contributed by atoms with van der Waals surface area (Å²) < 4.78 is 5.56. The first kappa shape index (κ1) is 35.1. The molecule has 0 aromatic carbocycles. The van der Waals surface area contributed by atoms with Crippen LogP contribution in [0.25, 0.3) is 0 Å². The van der Waals surface area contributed by atoms with E-state index in [0.29, 0.717) is 18.6 Å². The van der Waals surface area contributed by atoms with Crippen LogP contribution in [0.2, 0.25) is 0 Å². The molecule has 1 unspecified atom stereocenters. The zero-order valence-electron chi connectivity index (χ0n) is 24.9. The number of ketones is 1. The summed E-state index contributed by atoms with van der Waals surface area (Å²) in [7, 11) is 0. The second-order valence-corrected chi connectivity index (χ2v) is 11.3. The Balaban J connectivity index is 3.38. The predicted molar refractivity (Wildman–Crippen MR) is 157 cm³/mol. The number of hydrogen-bond donors (Lipinski definition) is 0. The standard InChI is InChI=1S/C33H64O3/c1-4-6-8-10-12-13-14-15-16-17-18-19-20-22-24-30-33(35)36-31(3)27-25-26-29-32(34)28-23-21-11-9-7-5-2/h31H,4-30H2,1-3H3. The van der Waals surface area contributed by atoms with Crippen LogP contribution < -0.4 is 0 Å². The average molecular weight is 509 g/mol. The lowest BCUT2D eigenvalue weighted by molar-refractivity contribution is -0.148. The Hall–Kier alpha value is -0.860. The third-order valence-electron chi connectivity index (χ3n) is 7.44. The molecule has 0 aliphatic carbocycles. The Bertz CT molecular complexity index is 474. The van der Waals surface area contributed by atoms with Gasteiger partial charge in [-0.15, -0.1) is 0 Å². The Morgan fingerprint density at radius 1 is 0.472 bits per heavy atom. The zero-order valence-corrected chi connectivity index (χ0v) is 24.9. The van der Waals surface area contributed by atoms with Crippen LogP contribution in [0.1, 0.15) is 194 Å². The van der Waals surface area contributed by atoms with Gasteiger partial charge in [0.2, 0.25) is 0 Å². The molecular formula is C33H64O3. The minimum atomic E-state index is -0.0451. The van der Waals surface area contributed by atoms with Gasteiger partial charge in [0.05, 0.1) is 6.10 Å². The van der Waals surface area contributed by atoms with Crippen LogP contribution in [0.3, 0.4) is 0 Å². The molecular weight excluding hydrogens is 444 g/mol. The summed E-state index contributed by atoms with van der Waals surface area (Å²) in [5.74, 6) is 0.361. The Morgan fingerprint density at radius 3 is 1.22 bits per heavy atom. The lowest BCUT2D eigenvalue weighted by atomic mass is 10.0. The van der Waals surface area contributed by atoms with Crippen LogP contribution in [0.4, 0.5) is 0 Å². The van der Waals surface area contributed by atoms with Crippen molar-refractivity contribution >= 4 is 11.8 Å². The van der Waals surface area contributed by atoms with Gasteiger partial charge in [-0.25, -0.2) is 0 Å². The number of ether oxygens (including phenoxy) is 1. The molecule has 0 heterocycles.